The Labute approximate surface area is 103 Å². The molecule has 0 saturated carbocycles. The van der Waals surface area contributed by atoms with Gasteiger partial charge in [0.25, 0.3) is 0 Å². The van der Waals surface area contributed by atoms with Gasteiger partial charge in [-0.3, -0.25) is 0 Å². The molecular formula is C9H12Cl2N2OS. The monoisotopic (exact) mass is 266 g/mol. The average molecular weight is 267 g/mol. The third-order valence-corrected chi connectivity index (χ3v) is 3.90. The zero-order chi connectivity index (χ0) is 11.6. The number of anilines is 1. The molecule has 2 unspecified atom stereocenters. The van der Waals surface area contributed by atoms with Crippen molar-refractivity contribution in [1.82, 2.24) is 4.98 Å². The number of halogens is 2. The van der Waals surface area contributed by atoms with Gasteiger partial charge in [-0.2, -0.15) is 0 Å². The van der Waals surface area contributed by atoms with Crippen molar-refractivity contribution in [3.8, 4) is 0 Å². The van der Waals surface area contributed by atoms with Crippen LogP contribution in [0.4, 0.5) is 5.82 Å². The standard InChI is InChI=1S/C9H12Cl2N2OS/c1-4(14)5(2)15-9-7(11)3-6(10)8(12)13-9/h3-5,14H,1-2H3,(H2,12,13). The van der Waals surface area contributed by atoms with E-state index in [2.05, 4.69) is 4.98 Å². The number of aliphatic hydroxyl groups is 1. The summed E-state index contributed by atoms with van der Waals surface area (Å²) in [4.78, 5) is 4.06. The van der Waals surface area contributed by atoms with Gasteiger partial charge in [-0.05, 0) is 13.0 Å². The number of nitrogen functional groups attached to an aromatic ring is 1. The highest BCUT2D eigenvalue weighted by atomic mass is 35.5. The number of hydrogen-bond donors (Lipinski definition) is 2. The first kappa shape index (κ1) is 12.9. The Bertz CT molecular complexity index is 360. The molecule has 1 heterocycles. The summed E-state index contributed by atoms with van der Waals surface area (Å²) < 4.78 is 0. The molecule has 0 aromatic carbocycles. The van der Waals surface area contributed by atoms with Gasteiger partial charge in [0.2, 0.25) is 0 Å². The van der Waals surface area contributed by atoms with Gasteiger partial charge >= 0.3 is 0 Å². The summed E-state index contributed by atoms with van der Waals surface area (Å²) in [6.07, 6.45) is -0.440. The normalized spacial score (nSPS) is 15.0. The van der Waals surface area contributed by atoms with E-state index in [1.807, 2.05) is 6.92 Å². The fraction of sp³-hybridized carbons (Fsp3) is 0.444. The maximum Gasteiger partial charge on any atom is 0.143 e. The van der Waals surface area contributed by atoms with Gasteiger partial charge in [0, 0.05) is 5.25 Å². The molecule has 1 rings (SSSR count). The van der Waals surface area contributed by atoms with Gasteiger partial charge in [0.05, 0.1) is 16.1 Å². The molecular weight excluding hydrogens is 255 g/mol. The summed E-state index contributed by atoms with van der Waals surface area (Å²) in [5.41, 5.74) is 5.56. The van der Waals surface area contributed by atoms with E-state index < -0.39 is 6.10 Å². The van der Waals surface area contributed by atoms with Crippen LogP contribution < -0.4 is 5.73 Å². The van der Waals surface area contributed by atoms with Crippen molar-refractivity contribution in [2.24, 2.45) is 0 Å². The van der Waals surface area contributed by atoms with E-state index in [1.54, 1.807) is 13.0 Å². The molecule has 0 aliphatic heterocycles. The molecule has 0 fully saturated rings. The summed E-state index contributed by atoms with van der Waals surface area (Å²) in [7, 11) is 0. The lowest BCUT2D eigenvalue weighted by molar-refractivity contribution is 0.196. The van der Waals surface area contributed by atoms with Crippen LogP contribution in [0.3, 0.4) is 0 Å². The molecule has 2 atom stereocenters. The molecule has 1 aromatic rings. The molecule has 0 radical (unpaired) electrons. The maximum atomic E-state index is 9.35. The largest absolute Gasteiger partial charge is 0.392 e. The van der Waals surface area contributed by atoms with E-state index in [0.717, 1.165) is 0 Å². The van der Waals surface area contributed by atoms with Crippen LogP contribution in [0.15, 0.2) is 11.1 Å². The van der Waals surface area contributed by atoms with Crippen LogP contribution in [-0.4, -0.2) is 21.4 Å². The number of aliphatic hydroxyl groups excluding tert-OH is 1. The second kappa shape index (κ2) is 5.25. The van der Waals surface area contributed by atoms with Gasteiger partial charge in [-0.25, -0.2) is 4.98 Å². The predicted octanol–water partition coefficient (Wildman–Crippen LogP) is 2.83. The van der Waals surface area contributed by atoms with Gasteiger partial charge < -0.3 is 10.8 Å². The number of thioether (sulfide) groups is 1. The molecule has 3 nitrogen and oxygen atoms in total. The highest BCUT2D eigenvalue weighted by Gasteiger charge is 2.15. The number of rotatable bonds is 3. The zero-order valence-electron chi connectivity index (χ0n) is 8.37. The summed E-state index contributed by atoms with van der Waals surface area (Å²) >= 11 is 13.1. The molecule has 1 aromatic heterocycles. The van der Waals surface area contributed by atoms with Crippen LogP contribution in [0.2, 0.25) is 10.0 Å². The molecule has 3 N–H and O–H groups in total. The molecule has 6 heteroatoms. The first-order valence-electron chi connectivity index (χ1n) is 4.38. The van der Waals surface area contributed by atoms with Crippen LogP contribution in [-0.2, 0) is 0 Å². The molecule has 15 heavy (non-hydrogen) atoms. The average Bonchev–Trinajstić information content (AvgIpc) is 2.13. The Morgan fingerprint density at radius 1 is 1.40 bits per heavy atom. The SMILES string of the molecule is CC(O)C(C)Sc1nc(N)c(Cl)cc1Cl. The molecule has 84 valence electrons. The first-order valence-corrected chi connectivity index (χ1v) is 6.01. The minimum absolute atomic E-state index is 0.00410. The Hall–Kier alpha value is -0.160. The van der Waals surface area contributed by atoms with E-state index in [0.29, 0.717) is 15.1 Å². The molecule has 0 aliphatic carbocycles. The van der Waals surface area contributed by atoms with Crippen LogP contribution in [0.5, 0.6) is 0 Å². The summed E-state index contributed by atoms with van der Waals surface area (Å²) in [5, 5.41) is 10.7. The van der Waals surface area contributed by atoms with Crippen molar-refractivity contribution in [1.29, 1.82) is 0 Å². The lowest BCUT2D eigenvalue weighted by Gasteiger charge is -2.14. The van der Waals surface area contributed by atoms with Crippen molar-refractivity contribution >= 4 is 40.8 Å². The Morgan fingerprint density at radius 2 is 2.00 bits per heavy atom. The van der Waals surface area contributed by atoms with Crippen LogP contribution >= 0.6 is 35.0 Å². The lowest BCUT2D eigenvalue weighted by atomic mass is 10.3. The number of hydrogen-bond acceptors (Lipinski definition) is 4. The third kappa shape index (κ3) is 3.41. The summed E-state index contributed by atoms with van der Waals surface area (Å²) in [6, 6.07) is 1.56. The van der Waals surface area contributed by atoms with Crippen LogP contribution in [0, 0.1) is 0 Å². The number of pyridine rings is 1. The van der Waals surface area contributed by atoms with E-state index >= 15 is 0 Å². The highest BCUT2D eigenvalue weighted by molar-refractivity contribution is 8.00. The molecule has 0 spiro atoms. The Balaban J connectivity index is 2.91. The highest BCUT2D eigenvalue weighted by Crippen LogP contribution is 2.33. The molecule has 0 amide bonds. The topological polar surface area (TPSA) is 59.1 Å². The zero-order valence-corrected chi connectivity index (χ0v) is 10.7. The van der Waals surface area contributed by atoms with E-state index in [-0.39, 0.29) is 11.1 Å². The number of nitrogens with zero attached hydrogens (tertiary/aromatic N) is 1. The van der Waals surface area contributed by atoms with Crippen LogP contribution in [0.25, 0.3) is 0 Å². The van der Waals surface area contributed by atoms with Crippen molar-refractivity contribution in [2.75, 3.05) is 5.73 Å². The first-order chi connectivity index (χ1) is 6.91. The minimum atomic E-state index is -0.440. The fourth-order valence-corrected chi connectivity index (χ4v) is 2.18. The van der Waals surface area contributed by atoms with Crippen LogP contribution in [0.1, 0.15) is 13.8 Å². The lowest BCUT2D eigenvalue weighted by Crippen LogP contribution is -2.15. The van der Waals surface area contributed by atoms with Crippen molar-refractivity contribution in [2.45, 2.75) is 30.2 Å². The van der Waals surface area contributed by atoms with Crippen molar-refractivity contribution in [3.63, 3.8) is 0 Å². The van der Waals surface area contributed by atoms with E-state index in [9.17, 15) is 5.11 Å². The van der Waals surface area contributed by atoms with Gasteiger partial charge in [0.1, 0.15) is 10.8 Å². The van der Waals surface area contributed by atoms with Crippen molar-refractivity contribution < 1.29 is 5.11 Å². The Kier molecular flexibility index (Phi) is 4.52. The summed E-state index contributed by atoms with van der Waals surface area (Å²) in [5.74, 6) is 0.251. The van der Waals surface area contributed by atoms with Gasteiger partial charge in [0.15, 0.2) is 0 Å². The van der Waals surface area contributed by atoms with E-state index in [4.69, 9.17) is 28.9 Å². The molecule has 0 bridgehead atoms. The summed E-state index contributed by atoms with van der Waals surface area (Å²) in [6.45, 7) is 3.60. The Morgan fingerprint density at radius 3 is 2.53 bits per heavy atom. The molecule has 0 saturated heterocycles. The smallest absolute Gasteiger partial charge is 0.143 e. The van der Waals surface area contributed by atoms with Crippen molar-refractivity contribution in [3.05, 3.63) is 16.1 Å². The number of nitrogens with two attached hydrogens (primary N) is 1. The minimum Gasteiger partial charge on any atom is -0.392 e. The van der Waals surface area contributed by atoms with Gasteiger partial charge in [-0.15, -0.1) is 0 Å². The van der Waals surface area contributed by atoms with Gasteiger partial charge in [-0.1, -0.05) is 41.9 Å². The second-order valence-electron chi connectivity index (χ2n) is 3.21. The molecule has 0 aliphatic rings. The number of aromatic nitrogens is 1. The quantitative estimate of drug-likeness (QED) is 0.827. The predicted molar refractivity (Wildman–Crippen MR) is 65.7 cm³/mol. The maximum absolute atomic E-state index is 9.35. The second-order valence-corrected chi connectivity index (χ2v) is 5.39. The third-order valence-electron chi connectivity index (χ3n) is 1.90. The fourth-order valence-electron chi connectivity index (χ4n) is 0.820. The van der Waals surface area contributed by atoms with E-state index in [1.165, 1.54) is 11.8 Å².